The van der Waals surface area contributed by atoms with Crippen LogP contribution < -0.4 is 5.32 Å². The summed E-state index contributed by atoms with van der Waals surface area (Å²) >= 11 is 0. The summed E-state index contributed by atoms with van der Waals surface area (Å²) < 4.78 is 5.35. The Morgan fingerprint density at radius 1 is 1.35 bits per heavy atom. The van der Waals surface area contributed by atoms with E-state index in [1.54, 1.807) is 6.08 Å². The molecule has 3 rings (SSSR count). The molecular formula is C15H18N2O6. The first-order valence-corrected chi connectivity index (χ1v) is 7.51. The second kappa shape index (κ2) is 5.69. The Morgan fingerprint density at radius 3 is 2.70 bits per heavy atom. The van der Waals surface area contributed by atoms with Crippen LogP contribution in [0.15, 0.2) is 23.1 Å². The third kappa shape index (κ3) is 2.39. The fourth-order valence-electron chi connectivity index (χ4n) is 3.49. The molecule has 0 saturated carbocycles. The molecular weight excluding hydrogens is 304 g/mol. The number of carbonyl (C=O) groups excluding carboxylic acids is 2. The number of carboxylic acids is 1. The van der Waals surface area contributed by atoms with Crippen LogP contribution in [0.4, 0.5) is 0 Å². The normalized spacial score (nSPS) is 22.9. The summed E-state index contributed by atoms with van der Waals surface area (Å²) in [6.07, 6.45) is 3.37. The highest BCUT2D eigenvalue weighted by molar-refractivity contribution is 6.26. The van der Waals surface area contributed by atoms with Crippen LogP contribution in [0.25, 0.3) is 0 Å². The number of allylic oxidation sites excluding steroid dienone is 1. The second-order valence-corrected chi connectivity index (χ2v) is 5.80. The Morgan fingerprint density at radius 2 is 2.04 bits per heavy atom. The first kappa shape index (κ1) is 15.5. The van der Waals surface area contributed by atoms with E-state index in [1.807, 2.05) is 4.90 Å². The van der Waals surface area contributed by atoms with Gasteiger partial charge in [-0.2, -0.15) is 0 Å². The van der Waals surface area contributed by atoms with Crippen molar-refractivity contribution < 1.29 is 29.3 Å². The summed E-state index contributed by atoms with van der Waals surface area (Å²) in [4.78, 5) is 37.3. The average molecular weight is 322 g/mol. The SMILES string of the molecule is O=C(O)CNC(=O)C1=C(O)C2(CCOCC2)N2CCC=C2C1=O. The number of fused-ring (bicyclic) bond motifs is 2. The van der Waals surface area contributed by atoms with Crippen molar-refractivity contribution in [3.8, 4) is 0 Å². The number of aliphatic hydroxyl groups excluding tert-OH is 1. The lowest BCUT2D eigenvalue weighted by molar-refractivity contribution is -0.138. The van der Waals surface area contributed by atoms with Crippen molar-refractivity contribution in [1.82, 2.24) is 10.2 Å². The van der Waals surface area contributed by atoms with Crippen LogP contribution in [0.3, 0.4) is 0 Å². The molecule has 3 aliphatic heterocycles. The number of hydrogen-bond acceptors (Lipinski definition) is 6. The molecule has 3 N–H and O–H groups in total. The molecule has 0 aromatic carbocycles. The lowest BCUT2D eigenvalue weighted by Gasteiger charge is -2.48. The van der Waals surface area contributed by atoms with Crippen LogP contribution in [0.5, 0.6) is 0 Å². The van der Waals surface area contributed by atoms with Crippen molar-refractivity contribution in [2.45, 2.75) is 24.8 Å². The van der Waals surface area contributed by atoms with E-state index in [0.29, 0.717) is 44.7 Å². The van der Waals surface area contributed by atoms with E-state index in [9.17, 15) is 19.5 Å². The van der Waals surface area contributed by atoms with Crippen LogP contribution in [-0.4, -0.2) is 64.6 Å². The number of carboxylic acid groups (broad SMARTS) is 1. The minimum atomic E-state index is -1.22. The lowest BCUT2D eigenvalue weighted by Crippen LogP contribution is -2.57. The third-order valence-corrected chi connectivity index (χ3v) is 4.58. The number of nitrogens with zero attached hydrogens (tertiary/aromatic N) is 1. The maximum atomic E-state index is 12.6. The highest BCUT2D eigenvalue weighted by atomic mass is 16.5. The fraction of sp³-hybridized carbons (Fsp3) is 0.533. The van der Waals surface area contributed by atoms with Gasteiger partial charge in [0.1, 0.15) is 23.4 Å². The molecule has 0 aromatic rings. The summed E-state index contributed by atoms with van der Waals surface area (Å²) in [5, 5.41) is 21.6. The third-order valence-electron chi connectivity index (χ3n) is 4.58. The average Bonchev–Trinajstić information content (AvgIpc) is 3.03. The molecule has 1 fully saturated rings. The van der Waals surface area contributed by atoms with Gasteiger partial charge in [-0.05, 0) is 6.42 Å². The quantitative estimate of drug-likeness (QED) is 0.612. The monoisotopic (exact) mass is 322 g/mol. The van der Waals surface area contributed by atoms with Crippen LogP contribution in [0.2, 0.25) is 0 Å². The van der Waals surface area contributed by atoms with Crippen molar-refractivity contribution in [3.63, 3.8) is 0 Å². The molecule has 23 heavy (non-hydrogen) atoms. The summed E-state index contributed by atoms with van der Waals surface area (Å²) in [5.41, 5.74) is -0.757. The number of aliphatic carboxylic acids is 1. The zero-order valence-electron chi connectivity index (χ0n) is 12.5. The molecule has 124 valence electrons. The molecule has 0 aromatic heterocycles. The molecule has 1 spiro atoms. The van der Waals surface area contributed by atoms with E-state index in [2.05, 4.69) is 5.32 Å². The molecule has 8 nitrogen and oxygen atoms in total. The van der Waals surface area contributed by atoms with E-state index in [-0.39, 0.29) is 11.3 Å². The minimum absolute atomic E-state index is 0.271. The van der Waals surface area contributed by atoms with Crippen molar-refractivity contribution in [2.24, 2.45) is 0 Å². The van der Waals surface area contributed by atoms with Gasteiger partial charge >= 0.3 is 5.97 Å². The van der Waals surface area contributed by atoms with Crippen LogP contribution >= 0.6 is 0 Å². The molecule has 0 radical (unpaired) electrons. The summed E-state index contributed by atoms with van der Waals surface area (Å²) in [6, 6.07) is 0. The van der Waals surface area contributed by atoms with Crippen molar-refractivity contribution in [3.05, 3.63) is 23.1 Å². The number of nitrogens with one attached hydrogen (secondary N) is 1. The topological polar surface area (TPSA) is 116 Å². The van der Waals surface area contributed by atoms with Gasteiger partial charge in [0.15, 0.2) is 0 Å². The molecule has 3 aliphatic rings. The van der Waals surface area contributed by atoms with Gasteiger partial charge in [0.2, 0.25) is 5.78 Å². The van der Waals surface area contributed by atoms with Gasteiger partial charge in [0.05, 0.1) is 5.70 Å². The number of amides is 1. The summed E-state index contributed by atoms with van der Waals surface area (Å²) in [7, 11) is 0. The zero-order chi connectivity index (χ0) is 16.6. The lowest BCUT2D eigenvalue weighted by atomic mass is 9.79. The second-order valence-electron chi connectivity index (χ2n) is 5.80. The van der Waals surface area contributed by atoms with Crippen LogP contribution in [0.1, 0.15) is 19.3 Å². The molecule has 8 heteroatoms. The molecule has 0 aliphatic carbocycles. The number of Topliss-reactive ketones (excluding diaryl/α,β-unsaturated/α-hetero) is 1. The first-order valence-electron chi connectivity index (χ1n) is 7.51. The molecule has 0 bridgehead atoms. The number of carbonyl (C=O) groups is 3. The Hall–Kier alpha value is -2.35. The van der Waals surface area contributed by atoms with E-state index < -0.39 is 29.7 Å². The number of ketones is 1. The largest absolute Gasteiger partial charge is 0.509 e. The van der Waals surface area contributed by atoms with Gasteiger partial charge in [-0.15, -0.1) is 0 Å². The van der Waals surface area contributed by atoms with Gasteiger partial charge in [0, 0.05) is 32.6 Å². The van der Waals surface area contributed by atoms with Crippen molar-refractivity contribution in [1.29, 1.82) is 0 Å². The number of aliphatic hydroxyl groups is 1. The van der Waals surface area contributed by atoms with E-state index in [0.717, 1.165) is 0 Å². The molecule has 1 amide bonds. The maximum absolute atomic E-state index is 12.6. The summed E-state index contributed by atoms with van der Waals surface area (Å²) in [6.45, 7) is 0.842. The molecule has 0 atom stereocenters. The van der Waals surface area contributed by atoms with E-state index in [1.165, 1.54) is 0 Å². The van der Waals surface area contributed by atoms with E-state index >= 15 is 0 Å². The minimum Gasteiger partial charge on any atom is -0.509 e. The Balaban J connectivity index is 2.02. The predicted molar refractivity (Wildman–Crippen MR) is 77.5 cm³/mol. The van der Waals surface area contributed by atoms with Crippen LogP contribution in [-0.2, 0) is 19.1 Å². The number of hydrogen-bond donors (Lipinski definition) is 3. The van der Waals surface area contributed by atoms with E-state index in [4.69, 9.17) is 9.84 Å². The number of rotatable bonds is 3. The zero-order valence-corrected chi connectivity index (χ0v) is 12.5. The van der Waals surface area contributed by atoms with Crippen molar-refractivity contribution >= 4 is 17.7 Å². The predicted octanol–water partition coefficient (Wildman–Crippen LogP) is -0.279. The standard InChI is InChI=1S/C15H18N2O6/c18-10(19)8-16-14(22)11-12(20)9-2-1-5-17(9)15(13(11)21)3-6-23-7-4-15/h2,21H,1,3-8H2,(H,16,22)(H,18,19). The fourth-order valence-corrected chi connectivity index (χ4v) is 3.49. The van der Waals surface area contributed by atoms with Gasteiger partial charge in [-0.1, -0.05) is 6.08 Å². The smallest absolute Gasteiger partial charge is 0.322 e. The Kier molecular flexibility index (Phi) is 3.85. The molecule has 1 saturated heterocycles. The highest BCUT2D eigenvalue weighted by Crippen LogP contribution is 2.44. The number of ether oxygens (including phenoxy) is 1. The molecule has 0 unspecified atom stereocenters. The molecule has 3 heterocycles. The van der Waals surface area contributed by atoms with Crippen molar-refractivity contribution in [2.75, 3.05) is 26.3 Å². The van der Waals surface area contributed by atoms with Gasteiger partial charge in [0.25, 0.3) is 5.91 Å². The summed E-state index contributed by atoms with van der Waals surface area (Å²) in [5.74, 6) is -2.90. The van der Waals surface area contributed by atoms with Gasteiger partial charge in [-0.3, -0.25) is 14.4 Å². The first-order chi connectivity index (χ1) is 11.0. The Labute approximate surface area is 132 Å². The van der Waals surface area contributed by atoms with Gasteiger partial charge in [-0.25, -0.2) is 0 Å². The van der Waals surface area contributed by atoms with Gasteiger partial charge < -0.3 is 25.2 Å². The Bertz CT molecular complexity index is 630. The highest BCUT2D eigenvalue weighted by Gasteiger charge is 2.52. The maximum Gasteiger partial charge on any atom is 0.322 e. The van der Waals surface area contributed by atoms with Crippen LogP contribution in [0, 0.1) is 0 Å².